The summed E-state index contributed by atoms with van der Waals surface area (Å²) < 4.78 is 0. The van der Waals surface area contributed by atoms with E-state index in [1.54, 1.807) is 24.3 Å². The summed E-state index contributed by atoms with van der Waals surface area (Å²) >= 11 is 5.61. The minimum atomic E-state index is -0.495. The van der Waals surface area contributed by atoms with E-state index in [2.05, 4.69) is 9.78 Å². The van der Waals surface area contributed by atoms with Crippen LogP contribution in [0, 0.1) is 0 Å². The number of hydrogen-bond donors (Lipinski definition) is 0. The molecule has 0 aliphatic rings. The van der Waals surface area contributed by atoms with Crippen molar-refractivity contribution in [2.75, 3.05) is 0 Å². The van der Waals surface area contributed by atoms with Crippen LogP contribution in [-0.4, -0.2) is 5.97 Å². The number of benzene rings is 1. The Bertz CT molecular complexity index is 278. The SMILES string of the molecule is CC(=O)OOc1ccc(Cl)cc1.[H-].[Na+]. The van der Waals surface area contributed by atoms with Gasteiger partial charge in [-0.1, -0.05) is 11.6 Å². The molecule has 0 aromatic heterocycles. The molecule has 3 nitrogen and oxygen atoms in total. The predicted octanol–water partition coefficient (Wildman–Crippen LogP) is -0.687. The topological polar surface area (TPSA) is 35.5 Å². The molecular weight excluding hydrogens is 203 g/mol. The van der Waals surface area contributed by atoms with Crippen molar-refractivity contribution in [1.82, 2.24) is 0 Å². The van der Waals surface area contributed by atoms with Crippen LogP contribution < -0.4 is 34.4 Å². The maximum Gasteiger partial charge on any atom is 1.00 e. The third-order valence-corrected chi connectivity index (χ3v) is 1.32. The van der Waals surface area contributed by atoms with E-state index in [1.165, 1.54) is 6.92 Å². The average Bonchev–Trinajstić information content (AvgIpc) is 2.03. The van der Waals surface area contributed by atoms with Crippen molar-refractivity contribution in [1.29, 1.82) is 0 Å². The second-order valence-corrected chi connectivity index (χ2v) is 2.55. The summed E-state index contributed by atoms with van der Waals surface area (Å²) in [6, 6.07) is 6.48. The van der Waals surface area contributed by atoms with Crippen molar-refractivity contribution < 1.29 is 45.6 Å². The molecule has 0 saturated heterocycles. The molecular formula is C8H8ClNaO3. The average molecular weight is 211 g/mol. The van der Waals surface area contributed by atoms with Crippen LogP contribution in [-0.2, 0) is 9.68 Å². The standard InChI is InChI=1S/C8H7ClO3.Na.H/c1-6(10)11-12-8-4-2-7(9)3-5-8;;/h2-5H,1H3;;/q;+1;-1. The van der Waals surface area contributed by atoms with Gasteiger partial charge in [0.25, 0.3) is 0 Å². The Kier molecular flexibility index (Phi) is 6.16. The van der Waals surface area contributed by atoms with Gasteiger partial charge in [-0.05, 0) is 24.3 Å². The third-order valence-electron chi connectivity index (χ3n) is 1.07. The molecule has 0 N–H and O–H groups in total. The molecule has 1 rings (SSSR count). The van der Waals surface area contributed by atoms with Crippen LogP contribution in [0.5, 0.6) is 5.75 Å². The van der Waals surface area contributed by atoms with Gasteiger partial charge in [-0.25, -0.2) is 4.79 Å². The summed E-state index contributed by atoms with van der Waals surface area (Å²) in [5.74, 6) is -0.0560. The molecule has 0 bridgehead atoms. The Morgan fingerprint density at radius 3 is 2.38 bits per heavy atom. The van der Waals surface area contributed by atoms with Crippen LogP contribution in [0.2, 0.25) is 5.02 Å². The number of rotatable bonds is 2. The van der Waals surface area contributed by atoms with E-state index in [-0.39, 0.29) is 31.0 Å². The molecule has 0 aliphatic carbocycles. The summed E-state index contributed by atoms with van der Waals surface area (Å²) in [7, 11) is 0. The molecule has 0 heterocycles. The van der Waals surface area contributed by atoms with Gasteiger partial charge in [0, 0.05) is 11.9 Å². The van der Waals surface area contributed by atoms with Crippen LogP contribution in [0.3, 0.4) is 0 Å². The van der Waals surface area contributed by atoms with E-state index >= 15 is 0 Å². The Balaban J connectivity index is 0. The summed E-state index contributed by atoms with van der Waals surface area (Å²) in [5, 5.41) is 0.602. The van der Waals surface area contributed by atoms with E-state index < -0.39 is 5.97 Å². The Morgan fingerprint density at radius 2 is 1.92 bits per heavy atom. The van der Waals surface area contributed by atoms with Crippen LogP contribution in [0.25, 0.3) is 0 Å². The molecule has 5 heteroatoms. The smallest absolute Gasteiger partial charge is 1.00 e. The first-order valence-electron chi connectivity index (χ1n) is 3.29. The van der Waals surface area contributed by atoms with Crippen molar-refractivity contribution in [3.63, 3.8) is 0 Å². The van der Waals surface area contributed by atoms with Crippen molar-refractivity contribution in [3.8, 4) is 5.75 Å². The molecule has 0 unspecified atom stereocenters. The monoisotopic (exact) mass is 210 g/mol. The Labute approximate surface area is 105 Å². The zero-order valence-electron chi connectivity index (χ0n) is 8.41. The maximum absolute atomic E-state index is 10.3. The summed E-state index contributed by atoms with van der Waals surface area (Å²) in [4.78, 5) is 19.2. The van der Waals surface area contributed by atoms with E-state index in [9.17, 15) is 4.79 Å². The van der Waals surface area contributed by atoms with Crippen LogP contribution >= 0.6 is 11.6 Å². The molecule has 0 aliphatic heterocycles. The fourth-order valence-corrected chi connectivity index (χ4v) is 0.723. The molecule has 1 aromatic rings. The molecule has 1 aromatic carbocycles. The van der Waals surface area contributed by atoms with Gasteiger partial charge < -0.3 is 1.43 Å². The van der Waals surface area contributed by atoms with Gasteiger partial charge in [-0.3, -0.25) is 9.78 Å². The fraction of sp³-hybridized carbons (Fsp3) is 0.125. The molecule has 0 amide bonds. The molecule has 0 fully saturated rings. The normalized spacial score (nSPS) is 8.46. The third kappa shape index (κ3) is 5.16. The van der Waals surface area contributed by atoms with Gasteiger partial charge in [0.15, 0.2) is 5.75 Å². The zero-order valence-corrected chi connectivity index (χ0v) is 10.2. The largest absolute Gasteiger partial charge is 1.00 e. The van der Waals surface area contributed by atoms with E-state index in [1.807, 2.05) is 0 Å². The van der Waals surface area contributed by atoms with Gasteiger partial charge in [0.1, 0.15) is 0 Å². The van der Waals surface area contributed by atoms with Crippen LogP contribution in [0.15, 0.2) is 24.3 Å². The zero-order chi connectivity index (χ0) is 8.97. The first kappa shape index (κ1) is 12.8. The van der Waals surface area contributed by atoms with E-state index in [0.29, 0.717) is 10.8 Å². The van der Waals surface area contributed by atoms with Crippen LogP contribution in [0.1, 0.15) is 8.35 Å². The van der Waals surface area contributed by atoms with E-state index in [4.69, 9.17) is 11.6 Å². The molecule has 0 atom stereocenters. The van der Waals surface area contributed by atoms with Gasteiger partial charge in [0.05, 0.1) is 0 Å². The van der Waals surface area contributed by atoms with Crippen molar-refractivity contribution in [2.45, 2.75) is 6.92 Å². The molecule has 13 heavy (non-hydrogen) atoms. The molecule has 66 valence electrons. The fourth-order valence-electron chi connectivity index (χ4n) is 0.597. The predicted molar refractivity (Wildman–Crippen MR) is 45.0 cm³/mol. The van der Waals surface area contributed by atoms with Gasteiger partial charge in [-0.2, -0.15) is 0 Å². The summed E-state index contributed by atoms with van der Waals surface area (Å²) in [5.41, 5.74) is 0. The second-order valence-electron chi connectivity index (χ2n) is 2.11. The van der Waals surface area contributed by atoms with E-state index in [0.717, 1.165) is 0 Å². The number of hydrogen-bond acceptors (Lipinski definition) is 3. The molecule has 0 radical (unpaired) electrons. The van der Waals surface area contributed by atoms with Gasteiger partial charge >= 0.3 is 35.5 Å². The van der Waals surface area contributed by atoms with Gasteiger partial charge in [0.2, 0.25) is 0 Å². The minimum Gasteiger partial charge on any atom is -1.00 e. The maximum atomic E-state index is 10.3. The first-order chi connectivity index (χ1) is 5.68. The Hall–Kier alpha value is -0.220. The molecule has 0 spiro atoms. The first-order valence-corrected chi connectivity index (χ1v) is 3.67. The molecule has 0 saturated carbocycles. The summed E-state index contributed by atoms with van der Waals surface area (Å²) in [6.07, 6.45) is 0. The quantitative estimate of drug-likeness (QED) is 0.368. The van der Waals surface area contributed by atoms with Crippen molar-refractivity contribution in [3.05, 3.63) is 29.3 Å². The number of carbonyl (C=O) groups is 1. The number of halogens is 1. The van der Waals surface area contributed by atoms with Gasteiger partial charge in [-0.15, -0.1) is 0 Å². The van der Waals surface area contributed by atoms with Crippen molar-refractivity contribution >= 4 is 17.6 Å². The van der Waals surface area contributed by atoms with Crippen LogP contribution in [0.4, 0.5) is 0 Å². The second kappa shape index (κ2) is 6.27. The Morgan fingerprint density at radius 1 is 1.38 bits per heavy atom. The van der Waals surface area contributed by atoms with Crippen molar-refractivity contribution in [2.24, 2.45) is 0 Å². The minimum absolute atomic E-state index is 0. The number of carbonyl (C=O) groups excluding carboxylic acids is 1. The summed E-state index contributed by atoms with van der Waals surface area (Å²) in [6.45, 7) is 1.26.